The van der Waals surface area contributed by atoms with Crippen molar-refractivity contribution in [3.05, 3.63) is 4.91 Å². The monoisotopic (exact) mass is 279 g/mol. The Hall–Kier alpha value is 0.100. The molecule has 0 aliphatic heterocycles. The number of rotatable bonds is 8. The van der Waals surface area contributed by atoms with Crippen LogP contribution in [-0.2, 0) is 13.6 Å². The van der Waals surface area contributed by atoms with Crippen LogP contribution in [0.2, 0.25) is 0 Å². The minimum Gasteiger partial charge on any atom is -0.312 e. The molecular formula is C10H18NO4PS. The van der Waals surface area contributed by atoms with Gasteiger partial charge in [-0.05, 0) is 37.5 Å². The average molecular weight is 279 g/mol. The zero-order chi connectivity index (χ0) is 12.5. The Balaban J connectivity index is 2.19. The first kappa shape index (κ1) is 13.5. The van der Waals surface area contributed by atoms with E-state index in [1.807, 2.05) is 0 Å². The maximum absolute atomic E-state index is 12.3. The molecule has 0 atom stereocenters. The highest BCUT2D eigenvalue weighted by Gasteiger charge is 2.58. The fourth-order valence-electron chi connectivity index (χ4n) is 2.49. The van der Waals surface area contributed by atoms with Crippen LogP contribution >= 0.6 is 19.5 Å². The minimum absolute atomic E-state index is 0.304. The van der Waals surface area contributed by atoms with E-state index in [0.29, 0.717) is 18.0 Å². The molecule has 2 fully saturated rings. The van der Waals surface area contributed by atoms with E-state index < -0.39 is 7.60 Å². The van der Waals surface area contributed by atoms with Gasteiger partial charge in [-0.25, -0.2) is 0 Å². The third-order valence-corrected chi connectivity index (χ3v) is 7.20. The summed E-state index contributed by atoms with van der Waals surface area (Å²) >= 11 is 1.06. The van der Waals surface area contributed by atoms with E-state index >= 15 is 0 Å². The predicted octanol–water partition coefficient (Wildman–Crippen LogP) is 3.45. The number of hydrogen-bond donors (Lipinski definition) is 0. The molecule has 2 rings (SSSR count). The SMILES string of the molecule is COP(=O)(CC(SN=O)(C1CC1)C1CC1)OC. The Morgan fingerprint density at radius 3 is 2.00 bits per heavy atom. The van der Waals surface area contributed by atoms with E-state index in [2.05, 4.69) is 4.58 Å². The van der Waals surface area contributed by atoms with E-state index in [1.165, 1.54) is 14.2 Å². The van der Waals surface area contributed by atoms with Crippen molar-refractivity contribution in [1.29, 1.82) is 0 Å². The molecule has 0 bridgehead atoms. The van der Waals surface area contributed by atoms with Gasteiger partial charge in [0.05, 0.1) is 10.9 Å². The molecule has 0 heterocycles. The van der Waals surface area contributed by atoms with Crippen LogP contribution in [0.25, 0.3) is 0 Å². The quantitative estimate of drug-likeness (QED) is 0.387. The molecule has 0 aromatic rings. The van der Waals surface area contributed by atoms with Crippen molar-refractivity contribution in [2.24, 2.45) is 16.4 Å². The molecule has 2 saturated carbocycles. The largest absolute Gasteiger partial charge is 0.331 e. The molecule has 0 saturated heterocycles. The summed E-state index contributed by atoms with van der Waals surface area (Å²) in [5.74, 6) is 0.882. The molecule has 0 unspecified atom stereocenters. The van der Waals surface area contributed by atoms with Gasteiger partial charge >= 0.3 is 7.60 Å². The second kappa shape index (κ2) is 5.00. The fraction of sp³-hybridized carbons (Fsp3) is 1.00. The lowest BCUT2D eigenvalue weighted by molar-refractivity contribution is 0.268. The van der Waals surface area contributed by atoms with E-state index in [0.717, 1.165) is 37.6 Å². The van der Waals surface area contributed by atoms with Crippen LogP contribution in [0.1, 0.15) is 25.7 Å². The summed E-state index contributed by atoms with van der Waals surface area (Å²) < 4.78 is 25.0. The van der Waals surface area contributed by atoms with Gasteiger partial charge in [-0.15, -0.1) is 4.91 Å². The van der Waals surface area contributed by atoms with Gasteiger partial charge in [0.15, 0.2) is 0 Å². The Kier molecular flexibility index (Phi) is 3.98. The zero-order valence-corrected chi connectivity index (χ0v) is 11.8. The predicted molar refractivity (Wildman–Crippen MR) is 68.1 cm³/mol. The Bertz CT molecular complexity index is 323. The lowest BCUT2D eigenvalue weighted by Gasteiger charge is -2.32. The van der Waals surface area contributed by atoms with Gasteiger partial charge < -0.3 is 9.05 Å². The van der Waals surface area contributed by atoms with E-state index in [-0.39, 0.29) is 4.75 Å². The standard InChI is InChI=1S/C10H18NO4PS/c1-14-16(13,15-2)7-10(17-11-12,8-3-4-8)9-5-6-9/h8-9H,3-7H2,1-2H3. The Labute approximate surface area is 106 Å². The topological polar surface area (TPSA) is 65.0 Å². The highest BCUT2D eigenvalue weighted by Crippen LogP contribution is 2.65. The summed E-state index contributed by atoms with van der Waals surface area (Å²) in [6, 6.07) is 0. The highest BCUT2D eigenvalue weighted by atomic mass is 32.2. The third kappa shape index (κ3) is 2.75. The molecule has 98 valence electrons. The van der Waals surface area contributed by atoms with E-state index in [9.17, 15) is 9.47 Å². The van der Waals surface area contributed by atoms with E-state index in [4.69, 9.17) is 9.05 Å². The minimum atomic E-state index is -3.08. The first-order valence-corrected chi connectivity index (χ1v) is 8.31. The summed E-state index contributed by atoms with van der Waals surface area (Å²) in [5.41, 5.74) is 0. The molecule has 7 heteroatoms. The summed E-state index contributed by atoms with van der Waals surface area (Å²) in [7, 11) is -0.287. The molecule has 0 N–H and O–H groups in total. The average Bonchev–Trinajstić information content (AvgIpc) is 3.20. The summed E-state index contributed by atoms with van der Waals surface area (Å²) in [6.45, 7) is 0. The molecule has 0 aromatic carbocycles. The maximum Gasteiger partial charge on any atom is 0.331 e. The molecule has 0 spiro atoms. The first-order chi connectivity index (χ1) is 8.10. The van der Waals surface area contributed by atoms with Crippen molar-refractivity contribution < 1.29 is 13.6 Å². The third-order valence-electron chi connectivity index (χ3n) is 3.74. The molecular weight excluding hydrogens is 261 g/mol. The van der Waals surface area contributed by atoms with Crippen LogP contribution in [0, 0.1) is 16.7 Å². The number of nitrogens with zero attached hydrogens (tertiary/aromatic N) is 1. The van der Waals surface area contributed by atoms with Crippen molar-refractivity contribution in [2.45, 2.75) is 30.4 Å². The van der Waals surface area contributed by atoms with Crippen LogP contribution in [0.5, 0.6) is 0 Å². The van der Waals surface area contributed by atoms with Gasteiger partial charge in [0.25, 0.3) is 0 Å². The molecule has 2 aliphatic carbocycles. The Morgan fingerprint density at radius 1 is 1.24 bits per heavy atom. The van der Waals surface area contributed by atoms with Crippen molar-refractivity contribution >= 4 is 19.5 Å². The zero-order valence-electron chi connectivity index (χ0n) is 10.1. The van der Waals surface area contributed by atoms with Gasteiger partial charge in [-0.3, -0.25) is 4.57 Å². The molecule has 17 heavy (non-hydrogen) atoms. The van der Waals surface area contributed by atoms with Crippen molar-refractivity contribution in [2.75, 3.05) is 20.4 Å². The lowest BCUT2D eigenvalue weighted by Crippen LogP contribution is -2.34. The van der Waals surface area contributed by atoms with Gasteiger partial charge in [0.2, 0.25) is 0 Å². The number of nitroso groups, excluding NO2 is 1. The molecule has 0 amide bonds. The molecule has 5 nitrogen and oxygen atoms in total. The van der Waals surface area contributed by atoms with Crippen LogP contribution < -0.4 is 0 Å². The van der Waals surface area contributed by atoms with Gasteiger partial charge in [0.1, 0.15) is 0 Å². The van der Waals surface area contributed by atoms with E-state index in [1.54, 1.807) is 0 Å². The molecule has 2 aliphatic rings. The Morgan fingerprint density at radius 2 is 1.71 bits per heavy atom. The smallest absolute Gasteiger partial charge is 0.312 e. The van der Waals surface area contributed by atoms with Crippen molar-refractivity contribution in [3.8, 4) is 0 Å². The van der Waals surface area contributed by atoms with Crippen LogP contribution in [0.15, 0.2) is 4.58 Å². The van der Waals surface area contributed by atoms with Crippen LogP contribution in [0.3, 0.4) is 0 Å². The maximum atomic E-state index is 12.3. The van der Waals surface area contributed by atoms with Crippen LogP contribution in [-0.4, -0.2) is 25.1 Å². The molecule has 0 aromatic heterocycles. The normalized spacial score (nSPS) is 21.5. The van der Waals surface area contributed by atoms with Crippen molar-refractivity contribution in [1.82, 2.24) is 0 Å². The summed E-state index contributed by atoms with van der Waals surface area (Å²) in [5, 5.41) is 0. The first-order valence-electron chi connectivity index (χ1n) is 5.81. The van der Waals surface area contributed by atoms with Gasteiger partial charge in [-0.2, -0.15) is 0 Å². The van der Waals surface area contributed by atoms with Crippen molar-refractivity contribution in [3.63, 3.8) is 0 Å². The summed E-state index contributed by atoms with van der Waals surface area (Å²) in [6.07, 6.45) is 4.66. The van der Waals surface area contributed by atoms with Gasteiger partial charge in [0, 0.05) is 30.7 Å². The summed E-state index contributed by atoms with van der Waals surface area (Å²) in [4.78, 5) is 10.7. The highest BCUT2D eigenvalue weighted by molar-refractivity contribution is 7.99. The fourth-order valence-corrected chi connectivity index (χ4v) is 5.63. The number of hydrogen-bond acceptors (Lipinski definition) is 6. The second-order valence-corrected chi connectivity index (χ2v) is 8.16. The molecule has 0 radical (unpaired) electrons. The van der Waals surface area contributed by atoms with Crippen LogP contribution in [0.4, 0.5) is 0 Å². The lowest BCUT2D eigenvalue weighted by atomic mass is 9.99. The van der Waals surface area contributed by atoms with Gasteiger partial charge in [-0.1, -0.05) is 0 Å². The second-order valence-electron chi connectivity index (χ2n) is 4.80.